The smallest absolute Gasteiger partial charge is 0.336 e. The molecule has 4 rings (SSSR count). The van der Waals surface area contributed by atoms with Gasteiger partial charge in [-0.15, -0.1) is 0 Å². The van der Waals surface area contributed by atoms with Crippen LogP contribution >= 0.6 is 0 Å². The van der Waals surface area contributed by atoms with Crippen molar-refractivity contribution in [3.63, 3.8) is 0 Å². The summed E-state index contributed by atoms with van der Waals surface area (Å²) in [6, 6.07) is 4.68. The molecule has 3 aliphatic carbocycles. The highest BCUT2D eigenvalue weighted by atomic mass is 16.5. The minimum atomic E-state index is -0.571. The van der Waals surface area contributed by atoms with Gasteiger partial charge in [0.25, 0.3) is 6.26 Å². The topological polar surface area (TPSA) is 147 Å². The minimum Gasteiger partial charge on any atom is -0.427 e. The second kappa shape index (κ2) is 13.8. The zero-order valence-electron chi connectivity index (χ0n) is 31.7. The second-order valence-electron chi connectivity index (χ2n) is 20.0. The van der Waals surface area contributed by atoms with Gasteiger partial charge in [-0.1, -0.05) is 62.3 Å². The van der Waals surface area contributed by atoms with Gasteiger partial charge in [-0.2, -0.15) is 15.8 Å². The molecule has 0 amide bonds. The van der Waals surface area contributed by atoms with E-state index in [0.29, 0.717) is 25.9 Å². The highest BCUT2D eigenvalue weighted by Crippen LogP contribution is 2.52. The number of ether oxygens (including phenoxy) is 1. The Kier molecular flexibility index (Phi) is 10.8. The first-order valence-corrected chi connectivity index (χ1v) is 18.3. The maximum absolute atomic E-state index is 14.5. The zero-order chi connectivity index (χ0) is 36.6. The molecule has 0 spiro atoms. The molecule has 49 heavy (non-hydrogen) atoms. The fourth-order valence-corrected chi connectivity index (χ4v) is 12.0. The summed E-state index contributed by atoms with van der Waals surface area (Å²) < 4.78 is 9.14. The van der Waals surface area contributed by atoms with Gasteiger partial charge >= 0.3 is 17.1 Å². The molecule has 0 bridgehead atoms. The molecule has 270 valence electrons. The first kappa shape index (κ1) is 38.5. The predicted molar refractivity (Wildman–Crippen MR) is 189 cm³/mol. The maximum Gasteiger partial charge on any atom is 0.336 e. The van der Waals surface area contributed by atoms with Crippen molar-refractivity contribution in [3.8, 4) is 18.4 Å². The van der Waals surface area contributed by atoms with Crippen molar-refractivity contribution < 1.29 is 4.74 Å². The summed E-state index contributed by atoms with van der Waals surface area (Å²) >= 11 is 0. The predicted octanol–water partition coefficient (Wildman–Crippen LogP) is 6.99. The van der Waals surface area contributed by atoms with E-state index in [1.165, 1.54) is 13.7 Å². The first-order valence-electron chi connectivity index (χ1n) is 18.3. The van der Waals surface area contributed by atoms with Crippen molar-refractivity contribution >= 4 is 0 Å². The van der Waals surface area contributed by atoms with Crippen LogP contribution in [0.3, 0.4) is 0 Å². The molecule has 10 nitrogen and oxygen atoms in total. The van der Waals surface area contributed by atoms with Gasteiger partial charge in [0, 0.05) is 32.5 Å². The van der Waals surface area contributed by atoms with E-state index >= 15 is 0 Å². The van der Waals surface area contributed by atoms with Crippen molar-refractivity contribution in [3.05, 3.63) is 31.5 Å². The van der Waals surface area contributed by atoms with E-state index in [2.05, 4.69) is 74.5 Å². The number of hydrogen-bond donors (Lipinski definition) is 0. The van der Waals surface area contributed by atoms with Gasteiger partial charge in [0.05, 0.1) is 12.1 Å². The highest BCUT2D eigenvalue weighted by molar-refractivity contribution is 4.99. The van der Waals surface area contributed by atoms with E-state index in [-0.39, 0.29) is 53.6 Å². The molecule has 3 saturated carbocycles. The highest BCUT2D eigenvalue weighted by Gasteiger charge is 2.46. The van der Waals surface area contributed by atoms with Crippen LogP contribution in [0.1, 0.15) is 133 Å². The summed E-state index contributed by atoms with van der Waals surface area (Å²) in [6.07, 6.45) is 9.86. The minimum absolute atomic E-state index is 0.0653. The van der Waals surface area contributed by atoms with Crippen LogP contribution in [0.4, 0.5) is 0 Å². The second-order valence-corrected chi connectivity index (χ2v) is 20.0. The van der Waals surface area contributed by atoms with Crippen LogP contribution in [-0.2, 0) is 24.4 Å². The molecule has 3 aliphatic rings. The summed E-state index contributed by atoms with van der Waals surface area (Å²) in [5.41, 5.74) is -3.22. The Morgan fingerprint density at radius 3 is 1.16 bits per heavy atom. The molecule has 10 heteroatoms. The Morgan fingerprint density at radius 2 is 0.857 bits per heavy atom. The largest absolute Gasteiger partial charge is 0.427 e. The Bertz CT molecular complexity index is 1600. The van der Waals surface area contributed by atoms with Crippen molar-refractivity contribution in [2.75, 3.05) is 6.61 Å². The Labute approximate surface area is 293 Å². The van der Waals surface area contributed by atoms with Gasteiger partial charge in [0.1, 0.15) is 6.61 Å². The maximum atomic E-state index is 14.5. The van der Waals surface area contributed by atoms with E-state index in [1.54, 1.807) is 6.26 Å². The lowest BCUT2D eigenvalue weighted by molar-refractivity contribution is 0.0121. The quantitative estimate of drug-likeness (QED) is 0.243. The number of nitriles is 3. The molecule has 6 unspecified atom stereocenters. The molecular formula is C39H60N6O4. The lowest BCUT2D eigenvalue weighted by Gasteiger charge is -2.47. The van der Waals surface area contributed by atoms with E-state index in [4.69, 9.17) is 10.00 Å². The SMILES string of the molecule is CC1(C)CC(CC#N)CC(C)(Cn2c(=O)n(CC3(C)CC(CC#N)CC(C)(C)C3)c(=O)n(CC3(C)CC(COC#N)CC(C)(C)C3)c2=O)C1. The Balaban J connectivity index is 1.85. The molecule has 6 atom stereocenters. The third-order valence-corrected chi connectivity index (χ3v) is 11.7. The summed E-state index contributed by atoms with van der Waals surface area (Å²) in [6.45, 7) is 20.3. The van der Waals surface area contributed by atoms with E-state index < -0.39 is 33.3 Å². The van der Waals surface area contributed by atoms with Crippen LogP contribution in [0.25, 0.3) is 0 Å². The fraction of sp³-hybridized carbons (Fsp3) is 0.846. The van der Waals surface area contributed by atoms with Gasteiger partial charge in [-0.25, -0.2) is 28.1 Å². The average Bonchev–Trinajstić information content (AvgIpc) is 2.92. The third-order valence-electron chi connectivity index (χ3n) is 11.7. The first-order chi connectivity index (χ1) is 22.6. The van der Waals surface area contributed by atoms with Crippen LogP contribution in [0.2, 0.25) is 0 Å². The van der Waals surface area contributed by atoms with Gasteiger partial charge in [0.2, 0.25) is 0 Å². The van der Waals surface area contributed by atoms with Gasteiger partial charge in [-0.3, -0.25) is 0 Å². The van der Waals surface area contributed by atoms with Crippen LogP contribution in [-0.4, -0.2) is 20.3 Å². The summed E-state index contributed by atoms with van der Waals surface area (Å²) in [4.78, 5) is 43.6. The lowest BCUT2D eigenvalue weighted by atomic mass is 9.60. The molecule has 0 radical (unpaired) electrons. The molecule has 0 aliphatic heterocycles. The molecule has 1 aromatic heterocycles. The zero-order valence-corrected chi connectivity index (χ0v) is 31.7. The van der Waals surface area contributed by atoms with E-state index in [9.17, 15) is 24.9 Å². The Hall–Kier alpha value is -3.32. The normalized spacial score (nSPS) is 33.5. The van der Waals surface area contributed by atoms with Crippen molar-refractivity contribution in [1.29, 1.82) is 15.8 Å². The molecule has 0 saturated heterocycles. The van der Waals surface area contributed by atoms with E-state index in [1.807, 2.05) is 0 Å². The van der Waals surface area contributed by atoms with Crippen molar-refractivity contribution in [2.45, 2.75) is 153 Å². The van der Waals surface area contributed by atoms with E-state index in [0.717, 1.165) is 51.4 Å². The van der Waals surface area contributed by atoms with Crippen LogP contribution in [0, 0.1) is 84.4 Å². The van der Waals surface area contributed by atoms with Gasteiger partial charge in [-0.05, 0) is 108 Å². The molecule has 3 fully saturated rings. The molecule has 0 aromatic carbocycles. The monoisotopic (exact) mass is 676 g/mol. The van der Waals surface area contributed by atoms with Crippen LogP contribution < -0.4 is 17.1 Å². The van der Waals surface area contributed by atoms with Crippen molar-refractivity contribution in [1.82, 2.24) is 13.7 Å². The summed E-state index contributed by atoms with van der Waals surface area (Å²) in [5.74, 6) is 0.427. The lowest BCUT2D eigenvalue weighted by Crippen LogP contribution is -2.59. The number of hydrogen-bond acceptors (Lipinski definition) is 7. The average molecular weight is 677 g/mol. The number of aromatic nitrogens is 3. The number of nitrogens with zero attached hydrogens (tertiary/aromatic N) is 6. The molecule has 1 heterocycles. The summed E-state index contributed by atoms with van der Waals surface area (Å²) in [7, 11) is 0. The molecular weight excluding hydrogens is 616 g/mol. The molecule has 1 aromatic rings. The Morgan fingerprint density at radius 1 is 0.551 bits per heavy atom. The number of rotatable bonds is 10. The van der Waals surface area contributed by atoms with Gasteiger partial charge in [0.15, 0.2) is 0 Å². The summed E-state index contributed by atoms with van der Waals surface area (Å²) in [5, 5.41) is 28.2. The van der Waals surface area contributed by atoms with Gasteiger partial charge < -0.3 is 4.74 Å². The fourth-order valence-electron chi connectivity index (χ4n) is 12.0. The van der Waals surface area contributed by atoms with Crippen molar-refractivity contribution in [2.24, 2.45) is 50.2 Å². The standard InChI is InChI=1S/C39H60N6O4/c1-34(2)14-28(10-12-40)17-37(7,21-34)24-43-31(46)44(25-38(8)18-29(11-13-41)15-35(3,4)22-38)33(48)45(32(43)47)26-39(9)19-30(20-49-27-42)16-36(5,6)23-39/h28-30H,10-11,14-26H2,1-9H3. The van der Waals surface area contributed by atoms with Crippen LogP contribution in [0.15, 0.2) is 14.4 Å². The third kappa shape index (κ3) is 9.27. The molecule has 0 N–H and O–H groups in total. The van der Waals surface area contributed by atoms with Crippen LogP contribution in [0.5, 0.6) is 0 Å².